The lowest BCUT2D eigenvalue weighted by Gasteiger charge is -2.36. The molecule has 148 valence electrons. The number of carbonyl (C=O) groups is 2. The van der Waals surface area contributed by atoms with Crippen LogP contribution in [0.4, 0.5) is 0 Å². The highest BCUT2D eigenvalue weighted by Gasteiger charge is 2.34. The summed E-state index contributed by atoms with van der Waals surface area (Å²) in [5, 5.41) is 0. The zero-order valence-electron chi connectivity index (χ0n) is 17.9. The molecule has 0 bridgehead atoms. The van der Waals surface area contributed by atoms with Crippen LogP contribution < -0.4 is 0 Å². The lowest BCUT2D eigenvalue weighted by atomic mass is 9.83. The number of ether oxygens (including phenoxy) is 2. The number of hydrogen-bond acceptors (Lipinski definition) is 5. The molecule has 0 unspecified atom stereocenters. The summed E-state index contributed by atoms with van der Waals surface area (Å²) in [6.45, 7) is 19.6. The Hall–Kier alpha value is -0.710. The van der Waals surface area contributed by atoms with Crippen LogP contribution in [-0.2, 0) is 19.1 Å². The van der Waals surface area contributed by atoms with Gasteiger partial charge in [0.25, 0.3) is 0 Å². The summed E-state index contributed by atoms with van der Waals surface area (Å²) in [6, 6.07) is 0. The first-order valence-corrected chi connectivity index (χ1v) is 10.1. The summed E-state index contributed by atoms with van der Waals surface area (Å²) in [7, 11) is 0. The summed E-state index contributed by atoms with van der Waals surface area (Å²) < 4.78 is 10.9. The maximum atomic E-state index is 11.2. The fourth-order valence-electron chi connectivity index (χ4n) is 3.86. The largest absolute Gasteiger partial charge is 0.460 e. The second kappa shape index (κ2) is 8.79. The predicted octanol–water partition coefficient (Wildman–Crippen LogP) is 5.24. The third-order valence-electron chi connectivity index (χ3n) is 3.63. The highest BCUT2D eigenvalue weighted by atomic mass is 32.2. The molecule has 0 N–H and O–H groups in total. The Labute approximate surface area is 158 Å². The van der Waals surface area contributed by atoms with E-state index in [2.05, 4.69) is 27.7 Å². The van der Waals surface area contributed by atoms with Gasteiger partial charge in [-0.25, -0.2) is 0 Å². The molecule has 0 atom stereocenters. The van der Waals surface area contributed by atoms with Crippen molar-refractivity contribution in [3.8, 4) is 0 Å². The van der Waals surface area contributed by atoms with E-state index in [1.165, 1.54) is 13.8 Å². The van der Waals surface area contributed by atoms with Crippen LogP contribution in [0.1, 0.15) is 82.1 Å². The Balaban J connectivity index is 4.56. The molecule has 0 saturated carbocycles. The van der Waals surface area contributed by atoms with E-state index in [0.717, 1.165) is 24.3 Å². The highest BCUT2D eigenvalue weighted by Crippen LogP contribution is 2.38. The van der Waals surface area contributed by atoms with E-state index >= 15 is 0 Å². The lowest BCUT2D eigenvalue weighted by Crippen LogP contribution is -2.36. The molecule has 0 aliphatic heterocycles. The maximum Gasteiger partial charge on any atom is 0.303 e. The van der Waals surface area contributed by atoms with Crippen molar-refractivity contribution >= 4 is 23.7 Å². The van der Waals surface area contributed by atoms with E-state index in [0.29, 0.717) is 0 Å². The highest BCUT2D eigenvalue weighted by molar-refractivity contribution is 7.99. The number of carbonyl (C=O) groups excluding carboxylic acids is 2. The third-order valence-corrected chi connectivity index (χ3v) is 5.61. The monoisotopic (exact) mass is 374 g/mol. The summed E-state index contributed by atoms with van der Waals surface area (Å²) in [5.74, 6) is 1.49. The van der Waals surface area contributed by atoms with Gasteiger partial charge >= 0.3 is 11.9 Å². The first kappa shape index (κ1) is 24.3. The van der Waals surface area contributed by atoms with E-state index in [-0.39, 0.29) is 22.8 Å². The van der Waals surface area contributed by atoms with Crippen LogP contribution in [0.25, 0.3) is 0 Å². The minimum Gasteiger partial charge on any atom is -0.460 e. The van der Waals surface area contributed by atoms with Crippen molar-refractivity contribution in [3.05, 3.63) is 0 Å². The fraction of sp³-hybridized carbons (Fsp3) is 0.900. The summed E-state index contributed by atoms with van der Waals surface area (Å²) in [6.07, 6.45) is 1.62. The molecule has 0 aliphatic rings. The van der Waals surface area contributed by atoms with Crippen LogP contribution in [0.5, 0.6) is 0 Å². The number of esters is 2. The number of rotatable bonds is 10. The molecule has 0 aromatic rings. The molecular weight excluding hydrogens is 336 g/mol. The van der Waals surface area contributed by atoms with Crippen LogP contribution in [0.2, 0.25) is 0 Å². The lowest BCUT2D eigenvalue weighted by molar-refractivity contribution is -0.157. The van der Waals surface area contributed by atoms with E-state index in [9.17, 15) is 9.59 Å². The van der Waals surface area contributed by atoms with E-state index in [1.807, 2.05) is 39.5 Å². The van der Waals surface area contributed by atoms with Crippen LogP contribution in [0.3, 0.4) is 0 Å². The van der Waals surface area contributed by atoms with Crippen molar-refractivity contribution in [2.45, 2.75) is 93.3 Å². The topological polar surface area (TPSA) is 52.6 Å². The van der Waals surface area contributed by atoms with Gasteiger partial charge in [-0.15, -0.1) is 0 Å². The molecule has 0 rings (SSSR count). The van der Waals surface area contributed by atoms with Crippen molar-refractivity contribution in [2.75, 3.05) is 11.5 Å². The molecule has 0 aromatic heterocycles. The molecule has 0 aliphatic carbocycles. The van der Waals surface area contributed by atoms with Gasteiger partial charge in [0.05, 0.1) is 0 Å². The average molecular weight is 375 g/mol. The Morgan fingerprint density at radius 1 is 0.680 bits per heavy atom. The normalized spacial score (nSPS) is 13.5. The molecule has 0 aromatic carbocycles. The summed E-state index contributed by atoms with van der Waals surface area (Å²) in [5.41, 5.74) is -0.790. The first-order chi connectivity index (χ1) is 11.0. The second-order valence-corrected chi connectivity index (χ2v) is 10.9. The van der Waals surface area contributed by atoms with Gasteiger partial charge in [-0.1, -0.05) is 27.7 Å². The van der Waals surface area contributed by atoms with Gasteiger partial charge in [0, 0.05) is 13.8 Å². The van der Waals surface area contributed by atoms with Gasteiger partial charge in [-0.2, -0.15) is 11.8 Å². The Kier molecular flexibility index (Phi) is 8.54. The van der Waals surface area contributed by atoms with Gasteiger partial charge in [-0.05, 0) is 62.9 Å². The SMILES string of the molecule is CC(=O)OC(C)(C)CC(C)(C)CSCC(C)(C)CC(C)(C)OC(C)=O. The molecule has 0 amide bonds. The van der Waals surface area contributed by atoms with E-state index in [4.69, 9.17) is 9.47 Å². The number of thioether (sulfide) groups is 1. The summed E-state index contributed by atoms with van der Waals surface area (Å²) >= 11 is 1.91. The molecular formula is C20H38O4S. The van der Waals surface area contributed by atoms with Crippen LogP contribution in [-0.4, -0.2) is 34.6 Å². The molecule has 5 heteroatoms. The minimum atomic E-state index is -0.456. The quantitative estimate of drug-likeness (QED) is 0.490. The van der Waals surface area contributed by atoms with Crippen molar-refractivity contribution < 1.29 is 19.1 Å². The van der Waals surface area contributed by atoms with Gasteiger partial charge in [0.15, 0.2) is 0 Å². The maximum absolute atomic E-state index is 11.2. The van der Waals surface area contributed by atoms with Crippen molar-refractivity contribution in [1.29, 1.82) is 0 Å². The van der Waals surface area contributed by atoms with Crippen LogP contribution in [0.15, 0.2) is 0 Å². The zero-order valence-corrected chi connectivity index (χ0v) is 18.7. The average Bonchev–Trinajstić information content (AvgIpc) is 2.18. The molecule has 0 spiro atoms. The Bertz CT molecular complexity index is 422. The third kappa shape index (κ3) is 12.3. The summed E-state index contributed by atoms with van der Waals surface area (Å²) in [4.78, 5) is 22.5. The smallest absolute Gasteiger partial charge is 0.303 e. The van der Waals surface area contributed by atoms with Gasteiger partial charge in [0.1, 0.15) is 11.2 Å². The van der Waals surface area contributed by atoms with Crippen molar-refractivity contribution in [1.82, 2.24) is 0 Å². The second-order valence-electron chi connectivity index (χ2n) is 9.88. The first-order valence-electron chi connectivity index (χ1n) is 8.92. The number of hydrogen-bond donors (Lipinski definition) is 0. The predicted molar refractivity (Wildman–Crippen MR) is 106 cm³/mol. The molecule has 0 radical (unpaired) electrons. The molecule has 0 saturated heterocycles. The van der Waals surface area contributed by atoms with E-state index in [1.54, 1.807) is 0 Å². The Morgan fingerprint density at radius 3 is 1.20 bits per heavy atom. The van der Waals surface area contributed by atoms with Gasteiger partial charge in [-0.3, -0.25) is 9.59 Å². The zero-order chi connectivity index (χ0) is 20.1. The standard InChI is InChI=1S/C20H38O4S/c1-15(21)23-19(7,8)11-17(3,4)13-25-14-18(5,6)12-20(9,10)24-16(2)22/h11-14H2,1-10H3. The van der Waals surface area contributed by atoms with Crippen molar-refractivity contribution in [2.24, 2.45) is 10.8 Å². The molecule has 4 nitrogen and oxygen atoms in total. The Morgan fingerprint density at radius 2 is 0.960 bits per heavy atom. The van der Waals surface area contributed by atoms with E-state index < -0.39 is 11.2 Å². The molecule has 0 fully saturated rings. The molecule has 0 heterocycles. The van der Waals surface area contributed by atoms with Crippen LogP contribution >= 0.6 is 11.8 Å². The fourth-order valence-corrected chi connectivity index (χ4v) is 5.27. The minimum absolute atomic E-state index is 0.0606. The molecule has 25 heavy (non-hydrogen) atoms. The van der Waals surface area contributed by atoms with Gasteiger partial charge < -0.3 is 9.47 Å². The van der Waals surface area contributed by atoms with Crippen molar-refractivity contribution in [3.63, 3.8) is 0 Å². The van der Waals surface area contributed by atoms with Crippen LogP contribution in [0, 0.1) is 10.8 Å². The van der Waals surface area contributed by atoms with Gasteiger partial charge in [0.2, 0.25) is 0 Å².